The molecule has 0 aliphatic heterocycles. The number of imidazole rings is 1. The number of hydrogen-bond acceptors (Lipinski definition) is 4. The van der Waals surface area contributed by atoms with Gasteiger partial charge in [0.25, 0.3) is 0 Å². The van der Waals surface area contributed by atoms with Crippen LogP contribution in [0.4, 0.5) is 10.5 Å². The molecule has 148 valence electrons. The van der Waals surface area contributed by atoms with Crippen LogP contribution >= 0.6 is 0 Å². The molecule has 0 spiro atoms. The highest BCUT2D eigenvalue weighted by atomic mass is 16.6. The van der Waals surface area contributed by atoms with Crippen molar-refractivity contribution in [2.45, 2.75) is 26.4 Å². The lowest BCUT2D eigenvalue weighted by molar-refractivity contribution is 0.0636. The Labute approximate surface area is 169 Å². The van der Waals surface area contributed by atoms with Crippen LogP contribution in [0, 0.1) is 0 Å². The molecule has 2 aromatic carbocycles. The number of nitrogens with one attached hydrogen (secondary N) is 1. The van der Waals surface area contributed by atoms with Crippen molar-refractivity contribution in [1.29, 1.82) is 0 Å². The molecule has 0 saturated carbocycles. The molecule has 6 heteroatoms. The van der Waals surface area contributed by atoms with Crippen LogP contribution in [0.2, 0.25) is 0 Å². The summed E-state index contributed by atoms with van der Waals surface area (Å²) in [5.74, 6) is 0.796. The highest BCUT2D eigenvalue weighted by Crippen LogP contribution is 2.27. The third-order valence-corrected chi connectivity index (χ3v) is 4.45. The predicted octanol–water partition coefficient (Wildman–Crippen LogP) is 5.51. The van der Waals surface area contributed by atoms with Gasteiger partial charge in [-0.25, -0.2) is 9.78 Å². The summed E-state index contributed by atoms with van der Waals surface area (Å²) in [6.45, 7) is 5.51. The summed E-state index contributed by atoms with van der Waals surface area (Å²) in [4.78, 5) is 16.8. The van der Waals surface area contributed by atoms with Crippen molar-refractivity contribution >= 4 is 28.5 Å². The minimum atomic E-state index is -0.544. The number of rotatable bonds is 3. The van der Waals surface area contributed by atoms with E-state index in [4.69, 9.17) is 14.5 Å². The first-order valence-corrected chi connectivity index (χ1v) is 9.39. The zero-order valence-corrected chi connectivity index (χ0v) is 16.9. The average molecular weight is 389 g/mol. The number of amides is 1. The highest BCUT2D eigenvalue weighted by Gasteiger charge is 2.16. The summed E-state index contributed by atoms with van der Waals surface area (Å²) in [5.41, 5.74) is 4.86. The normalized spacial score (nSPS) is 11.6. The van der Waals surface area contributed by atoms with Crippen LogP contribution in [0.25, 0.3) is 27.8 Å². The van der Waals surface area contributed by atoms with Crippen LogP contribution in [0.1, 0.15) is 20.8 Å². The number of benzene rings is 2. The fourth-order valence-corrected chi connectivity index (χ4v) is 3.20. The van der Waals surface area contributed by atoms with Gasteiger partial charge in [-0.15, -0.1) is 0 Å². The van der Waals surface area contributed by atoms with Gasteiger partial charge in [-0.1, -0.05) is 12.1 Å². The van der Waals surface area contributed by atoms with E-state index in [0.717, 1.165) is 33.6 Å². The minimum absolute atomic E-state index is 0.474. The van der Waals surface area contributed by atoms with Crippen LogP contribution in [0.5, 0.6) is 5.75 Å². The smallest absolute Gasteiger partial charge is 0.412 e. The van der Waals surface area contributed by atoms with Crippen LogP contribution in [0.3, 0.4) is 0 Å². The Bertz CT molecular complexity index is 1210. The van der Waals surface area contributed by atoms with Gasteiger partial charge >= 0.3 is 6.09 Å². The monoisotopic (exact) mass is 389 g/mol. The van der Waals surface area contributed by atoms with Crippen molar-refractivity contribution in [3.8, 4) is 16.9 Å². The molecule has 0 radical (unpaired) electrons. The molecule has 1 amide bonds. The zero-order chi connectivity index (χ0) is 20.6. The number of nitrogens with zero attached hydrogens (tertiary/aromatic N) is 2. The minimum Gasteiger partial charge on any atom is -0.497 e. The van der Waals surface area contributed by atoms with E-state index in [-0.39, 0.29) is 0 Å². The second kappa shape index (κ2) is 7.13. The van der Waals surface area contributed by atoms with Crippen LogP contribution in [-0.2, 0) is 4.74 Å². The fraction of sp³-hybridized carbons (Fsp3) is 0.217. The van der Waals surface area contributed by atoms with Crippen LogP contribution in [0.15, 0.2) is 60.8 Å². The molecule has 6 nitrogen and oxygen atoms in total. The number of ether oxygens (including phenoxy) is 2. The topological polar surface area (TPSA) is 64.9 Å². The van der Waals surface area contributed by atoms with Gasteiger partial charge in [0.15, 0.2) is 0 Å². The van der Waals surface area contributed by atoms with Gasteiger partial charge < -0.3 is 9.47 Å². The quantitative estimate of drug-likeness (QED) is 0.502. The van der Waals surface area contributed by atoms with Crippen molar-refractivity contribution < 1.29 is 14.3 Å². The molecule has 2 aromatic heterocycles. The number of carbonyl (C=O) groups is 1. The maximum atomic E-state index is 12.0. The zero-order valence-electron chi connectivity index (χ0n) is 16.9. The molecular weight excluding hydrogens is 366 g/mol. The Hall–Kier alpha value is -3.54. The molecule has 0 unspecified atom stereocenters. The largest absolute Gasteiger partial charge is 0.497 e. The molecule has 0 bridgehead atoms. The van der Waals surface area contributed by atoms with E-state index in [2.05, 4.69) is 5.32 Å². The standard InChI is InChI=1S/C23H23N3O3/c1-23(2,3)29-22(27)24-17-7-5-6-15(12-17)16-10-11-26-20-14-18(28-4)8-9-19(20)25-21(26)13-16/h5-14H,1-4H3,(H,24,27). The van der Waals surface area contributed by atoms with Gasteiger partial charge in [0.1, 0.15) is 17.0 Å². The molecule has 29 heavy (non-hydrogen) atoms. The Morgan fingerprint density at radius 2 is 1.83 bits per heavy atom. The van der Waals surface area contributed by atoms with E-state index in [1.807, 2.05) is 86.0 Å². The molecule has 4 aromatic rings. The van der Waals surface area contributed by atoms with E-state index < -0.39 is 11.7 Å². The summed E-state index contributed by atoms with van der Waals surface area (Å²) in [6.07, 6.45) is 1.52. The van der Waals surface area contributed by atoms with Crippen LogP contribution < -0.4 is 10.1 Å². The first-order valence-electron chi connectivity index (χ1n) is 9.39. The molecule has 0 aliphatic carbocycles. The van der Waals surface area contributed by atoms with Gasteiger partial charge in [-0.05, 0) is 68.3 Å². The fourth-order valence-electron chi connectivity index (χ4n) is 3.20. The summed E-state index contributed by atoms with van der Waals surface area (Å²) in [6, 6.07) is 17.5. The summed E-state index contributed by atoms with van der Waals surface area (Å²) < 4.78 is 12.7. The van der Waals surface area contributed by atoms with Gasteiger partial charge in [-0.3, -0.25) is 9.72 Å². The van der Waals surface area contributed by atoms with E-state index in [9.17, 15) is 4.79 Å². The number of anilines is 1. The molecule has 0 aliphatic rings. The highest BCUT2D eigenvalue weighted by molar-refractivity contribution is 5.87. The molecule has 0 saturated heterocycles. The van der Waals surface area contributed by atoms with Crippen molar-refractivity contribution in [3.05, 3.63) is 60.8 Å². The molecule has 2 heterocycles. The van der Waals surface area contributed by atoms with E-state index >= 15 is 0 Å². The average Bonchev–Trinajstić information content (AvgIpc) is 3.03. The maximum absolute atomic E-state index is 12.0. The molecule has 0 atom stereocenters. The van der Waals surface area contributed by atoms with Crippen molar-refractivity contribution in [1.82, 2.24) is 9.38 Å². The van der Waals surface area contributed by atoms with E-state index in [1.54, 1.807) is 7.11 Å². The third kappa shape index (κ3) is 4.01. The SMILES string of the molecule is COc1ccc2nc3cc(-c4cccc(NC(=O)OC(C)(C)C)c4)ccn3c2c1. The van der Waals surface area contributed by atoms with Crippen LogP contribution in [-0.4, -0.2) is 28.2 Å². The number of fused-ring (bicyclic) bond motifs is 3. The van der Waals surface area contributed by atoms with Gasteiger partial charge in [0.05, 0.1) is 18.1 Å². The Balaban J connectivity index is 1.66. The molecule has 0 fully saturated rings. The van der Waals surface area contributed by atoms with Gasteiger partial charge in [0.2, 0.25) is 0 Å². The first kappa shape index (κ1) is 18.8. The summed E-state index contributed by atoms with van der Waals surface area (Å²) >= 11 is 0. The van der Waals surface area contributed by atoms with Gasteiger partial charge in [0, 0.05) is 18.0 Å². The van der Waals surface area contributed by atoms with E-state index in [1.165, 1.54) is 0 Å². The lowest BCUT2D eigenvalue weighted by Crippen LogP contribution is -2.27. The van der Waals surface area contributed by atoms with Crippen molar-refractivity contribution in [2.24, 2.45) is 0 Å². The lowest BCUT2D eigenvalue weighted by atomic mass is 10.1. The molecule has 1 N–H and O–H groups in total. The third-order valence-electron chi connectivity index (χ3n) is 4.45. The Morgan fingerprint density at radius 1 is 1.03 bits per heavy atom. The first-order chi connectivity index (χ1) is 13.8. The Kier molecular flexibility index (Phi) is 4.62. The second-order valence-electron chi connectivity index (χ2n) is 7.82. The number of pyridine rings is 1. The summed E-state index contributed by atoms with van der Waals surface area (Å²) in [7, 11) is 1.65. The molecule has 4 rings (SSSR count). The number of carbonyl (C=O) groups excluding carboxylic acids is 1. The van der Waals surface area contributed by atoms with Crippen molar-refractivity contribution in [3.63, 3.8) is 0 Å². The maximum Gasteiger partial charge on any atom is 0.412 e. The number of hydrogen-bond donors (Lipinski definition) is 1. The summed E-state index contributed by atoms with van der Waals surface area (Å²) in [5, 5.41) is 2.78. The number of methoxy groups -OCH3 is 1. The lowest BCUT2D eigenvalue weighted by Gasteiger charge is -2.19. The van der Waals surface area contributed by atoms with E-state index in [0.29, 0.717) is 5.69 Å². The second-order valence-corrected chi connectivity index (χ2v) is 7.82. The number of aromatic nitrogens is 2. The predicted molar refractivity (Wildman–Crippen MR) is 115 cm³/mol. The van der Waals surface area contributed by atoms with Gasteiger partial charge in [-0.2, -0.15) is 0 Å². The Morgan fingerprint density at radius 3 is 2.59 bits per heavy atom. The molecular formula is C23H23N3O3. The van der Waals surface area contributed by atoms with Crippen molar-refractivity contribution in [2.75, 3.05) is 12.4 Å².